The van der Waals surface area contributed by atoms with Crippen LogP contribution < -0.4 is 10.6 Å². The van der Waals surface area contributed by atoms with E-state index in [-0.39, 0.29) is 17.7 Å². The van der Waals surface area contributed by atoms with Gasteiger partial charge < -0.3 is 10.6 Å². The number of piperidine rings is 1. The lowest BCUT2D eigenvalue weighted by Crippen LogP contribution is -2.47. The predicted octanol–water partition coefficient (Wildman–Crippen LogP) is 3.93. The van der Waals surface area contributed by atoms with Gasteiger partial charge >= 0.3 is 0 Å². The largest absolute Gasteiger partial charge is 0.311 e. The molecule has 2 aromatic rings. The molecule has 2 aliphatic heterocycles. The van der Waals surface area contributed by atoms with E-state index in [2.05, 4.69) is 10.6 Å². The topological polar surface area (TPSA) is 24.1 Å². The fraction of sp³-hybridized carbons (Fsp3) is 0.400. The normalized spacial score (nSPS) is 26.0. The molecular weight excluding hydrogens is 306 g/mol. The van der Waals surface area contributed by atoms with E-state index in [9.17, 15) is 8.78 Å². The smallest absolute Gasteiger partial charge is 0.123 e. The molecule has 0 spiro atoms. The van der Waals surface area contributed by atoms with E-state index in [0.29, 0.717) is 18.1 Å². The predicted molar refractivity (Wildman–Crippen MR) is 90.7 cm³/mol. The molecule has 0 aromatic heterocycles. The standard InChI is InChI=1S/C20H22F2N2/c21-15-5-1-13(2-6-15)20(14-3-7-16(22)8-4-14)24-19-11-17-9-10-18(12-19)23-17/h1-8,17-20,23-24H,9-12H2/t17-,18+,19?. The summed E-state index contributed by atoms with van der Waals surface area (Å²) in [6.45, 7) is 0. The van der Waals surface area contributed by atoms with Gasteiger partial charge in [0, 0.05) is 18.1 Å². The third kappa shape index (κ3) is 3.35. The first-order valence-electron chi connectivity index (χ1n) is 8.70. The fourth-order valence-corrected chi connectivity index (χ4v) is 4.12. The number of halogens is 2. The maximum atomic E-state index is 13.3. The van der Waals surface area contributed by atoms with Gasteiger partial charge in [0.15, 0.2) is 0 Å². The van der Waals surface area contributed by atoms with Gasteiger partial charge in [-0.2, -0.15) is 0 Å². The molecule has 0 radical (unpaired) electrons. The minimum atomic E-state index is -0.239. The second-order valence-electron chi connectivity index (χ2n) is 7.01. The molecule has 0 aliphatic carbocycles. The molecule has 0 saturated carbocycles. The number of fused-ring (bicyclic) bond motifs is 2. The number of hydrogen-bond acceptors (Lipinski definition) is 2. The first-order valence-corrected chi connectivity index (χ1v) is 8.70. The van der Waals surface area contributed by atoms with Crippen molar-refractivity contribution in [1.82, 2.24) is 10.6 Å². The molecule has 4 heteroatoms. The fourth-order valence-electron chi connectivity index (χ4n) is 4.12. The summed E-state index contributed by atoms with van der Waals surface area (Å²) in [5.41, 5.74) is 2.02. The zero-order chi connectivity index (χ0) is 16.5. The molecule has 2 saturated heterocycles. The average Bonchev–Trinajstić information content (AvgIpc) is 2.93. The highest BCUT2D eigenvalue weighted by Crippen LogP contribution is 2.30. The Balaban J connectivity index is 1.60. The van der Waals surface area contributed by atoms with Crippen molar-refractivity contribution in [1.29, 1.82) is 0 Å². The molecule has 0 amide bonds. The van der Waals surface area contributed by atoms with E-state index in [4.69, 9.17) is 0 Å². The van der Waals surface area contributed by atoms with Crippen LogP contribution in [-0.4, -0.2) is 18.1 Å². The zero-order valence-electron chi connectivity index (χ0n) is 13.5. The Morgan fingerprint density at radius 1 is 0.792 bits per heavy atom. The van der Waals surface area contributed by atoms with E-state index in [0.717, 1.165) is 24.0 Å². The molecule has 24 heavy (non-hydrogen) atoms. The third-order valence-electron chi connectivity index (χ3n) is 5.28. The number of benzene rings is 2. The minimum absolute atomic E-state index is 0.0475. The summed E-state index contributed by atoms with van der Waals surface area (Å²) in [7, 11) is 0. The van der Waals surface area contributed by atoms with Crippen LogP contribution in [0.1, 0.15) is 42.9 Å². The van der Waals surface area contributed by atoms with Crippen molar-refractivity contribution >= 4 is 0 Å². The van der Waals surface area contributed by atoms with Gasteiger partial charge in [0.25, 0.3) is 0 Å². The Labute approximate surface area is 141 Å². The van der Waals surface area contributed by atoms with Crippen LogP contribution in [-0.2, 0) is 0 Å². The van der Waals surface area contributed by atoms with Crippen LogP contribution in [0.15, 0.2) is 48.5 Å². The molecular formula is C20H22F2N2. The molecule has 1 unspecified atom stereocenters. The van der Waals surface area contributed by atoms with E-state index >= 15 is 0 Å². The highest BCUT2D eigenvalue weighted by Gasteiger charge is 2.34. The van der Waals surface area contributed by atoms with Crippen molar-refractivity contribution in [2.24, 2.45) is 0 Å². The van der Waals surface area contributed by atoms with Crippen LogP contribution in [0.25, 0.3) is 0 Å². The summed E-state index contributed by atoms with van der Waals surface area (Å²) in [6, 6.07) is 14.8. The molecule has 2 heterocycles. The van der Waals surface area contributed by atoms with E-state index < -0.39 is 0 Å². The van der Waals surface area contributed by atoms with Gasteiger partial charge in [-0.1, -0.05) is 24.3 Å². The van der Waals surface area contributed by atoms with Crippen LogP contribution in [0.5, 0.6) is 0 Å². The van der Waals surface area contributed by atoms with Crippen molar-refractivity contribution in [2.45, 2.75) is 49.9 Å². The number of nitrogens with one attached hydrogen (secondary N) is 2. The summed E-state index contributed by atoms with van der Waals surface area (Å²) in [4.78, 5) is 0. The second kappa shape index (κ2) is 6.61. The maximum Gasteiger partial charge on any atom is 0.123 e. The van der Waals surface area contributed by atoms with Gasteiger partial charge in [-0.05, 0) is 61.1 Å². The van der Waals surface area contributed by atoms with Crippen molar-refractivity contribution in [3.05, 3.63) is 71.3 Å². The first kappa shape index (κ1) is 15.7. The lowest BCUT2D eigenvalue weighted by Gasteiger charge is -2.33. The van der Waals surface area contributed by atoms with Crippen molar-refractivity contribution < 1.29 is 8.78 Å². The van der Waals surface area contributed by atoms with Crippen LogP contribution >= 0.6 is 0 Å². The quantitative estimate of drug-likeness (QED) is 0.889. The molecule has 2 fully saturated rings. The summed E-state index contributed by atoms with van der Waals surface area (Å²) < 4.78 is 26.6. The summed E-state index contributed by atoms with van der Waals surface area (Å²) in [5.74, 6) is -0.479. The van der Waals surface area contributed by atoms with E-state index in [1.54, 1.807) is 0 Å². The van der Waals surface area contributed by atoms with Crippen LogP contribution in [0.3, 0.4) is 0 Å². The Hall–Kier alpha value is -1.78. The molecule has 126 valence electrons. The van der Waals surface area contributed by atoms with Crippen molar-refractivity contribution in [2.75, 3.05) is 0 Å². The van der Waals surface area contributed by atoms with Crippen molar-refractivity contribution in [3.8, 4) is 0 Å². The Bertz CT molecular complexity index is 626. The summed E-state index contributed by atoms with van der Waals surface area (Å²) in [5, 5.41) is 7.39. The van der Waals surface area contributed by atoms with Gasteiger partial charge in [-0.15, -0.1) is 0 Å². The summed E-state index contributed by atoms with van der Waals surface area (Å²) in [6.07, 6.45) is 4.71. The minimum Gasteiger partial charge on any atom is -0.311 e. The highest BCUT2D eigenvalue weighted by molar-refractivity contribution is 5.32. The molecule has 2 aromatic carbocycles. The lowest BCUT2D eigenvalue weighted by molar-refractivity contribution is 0.305. The monoisotopic (exact) mass is 328 g/mol. The molecule has 4 rings (SSSR count). The van der Waals surface area contributed by atoms with E-state index in [1.165, 1.54) is 37.1 Å². The van der Waals surface area contributed by atoms with Gasteiger partial charge in [0.05, 0.1) is 6.04 Å². The first-order chi connectivity index (χ1) is 11.7. The maximum absolute atomic E-state index is 13.3. The molecule has 2 N–H and O–H groups in total. The van der Waals surface area contributed by atoms with Gasteiger partial charge in [-0.25, -0.2) is 8.78 Å². The molecule has 2 bridgehead atoms. The molecule has 2 nitrogen and oxygen atoms in total. The zero-order valence-corrected chi connectivity index (χ0v) is 13.5. The second-order valence-corrected chi connectivity index (χ2v) is 7.01. The number of rotatable bonds is 4. The average molecular weight is 328 g/mol. The van der Waals surface area contributed by atoms with Crippen LogP contribution in [0.4, 0.5) is 8.78 Å². The Morgan fingerprint density at radius 3 is 1.71 bits per heavy atom. The van der Waals surface area contributed by atoms with Gasteiger partial charge in [-0.3, -0.25) is 0 Å². The van der Waals surface area contributed by atoms with Crippen LogP contribution in [0, 0.1) is 11.6 Å². The Morgan fingerprint density at radius 2 is 1.25 bits per heavy atom. The number of hydrogen-bond donors (Lipinski definition) is 2. The van der Waals surface area contributed by atoms with Gasteiger partial charge in [0.2, 0.25) is 0 Å². The summed E-state index contributed by atoms with van der Waals surface area (Å²) >= 11 is 0. The molecule has 3 atom stereocenters. The van der Waals surface area contributed by atoms with Crippen LogP contribution in [0.2, 0.25) is 0 Å². The van der Waals surface area contributed by atoms with Gasteiger partial charge in [0.1, 0.15) is 11.6 Å². The Kier molecular flexibility index (Phi) is 4.33. The van der Waals surface area contributed by atoms with E-state index in [1.807, 2.05) is 24.3 Å². The third-order valence-corrected chi connectivity index (χ3v) is 5.28. The lowest BCUT2D eigenvalue weighted by atomic mass is 9.94. The van der Waals surface area contributed by atoms with Crippen molar-refractivity contribution in [3.63, 3.8) is 0 Å². The highest BCUT2D eigenvalue weighted by atomic mass is 19.1. The molecule has 2 aliphatic rings. The SMILES string of the molecule is Fc1ccc(C(NC2C[C@H]3CC[C@@H](C2)N3)c2ccc(F)cc2)cc1.